The number of imide groups is 2. The van der Waals surface area contributed by atoms with Crippen LogP contribution >= 0.6 is 0 Å². The molecule has 100 valence electrons. The van der Waals surface area contributed by atoms with Crippen LogP contribution in [0.1, 0.15) is 25.6 Å². The second-order valence-corrected chi connectivity index (χ2v) is 4.77. The number of nitrogens with one attached hydrogen (secondary N) is 1. The predicted octanol–water partition coefficient (Wildman–Crippen LogP) is -0.343. The van der Waals surface area contributed by atoms with Gasteiger partial charge < -0.3 is 4.57 Å². The third-order valence-corrected chi connectivity index (χ3v) is 3.64. The maximum Gasteiger partial charge on any atom is 0.331 e. The van der Waals surface area contributed by atoms with E-state index >= 15 is 0 Å². The molecule has 2 heterocycles. The van der Waals surface area contributed by atoms with Gasteiger partial charge in [0, 0.05) is 6.54 Å². The highest BCUT2D eigenvalue weighted by molar-refractivity contribution is 6.20. The van der Waals surface area contributed by atoms with Crippen molar-refractivity contribution in [1.29, 1.82) is 0 Å². The van der Waals surface area contributed by atoms with Crippen molar-refractivity contribution in [2.24, 2.45) is 5.41 Å². The number of aromatic nitrogens is 3. The lowest BCUT2D eigenvalue weighted by Crippen LogP contribution is -2.58. The fourth-order valence-corrected chi connectivity index (χ4v) is 2.25. The number of barbiturate groups is 1. The van der Waals surface area contributed by atoms with E-state index in [-0.39, 0.29) is 6.54 Å². The number of hydrogen-bond donors (Lipinski definition) is 1. The van der Waals surface area contributed by atoms with E-state index in [0.717, 1.165) is 4.90 Å². The Morgan fingerprint density at radius 3 is 2.74 bits per heavy atom. The Kier molecular flexibility index (Phi) is 2.41. The summed E-state index contributed by atoms with van der Waals surface area (Å²) in [6, 6.07) is -0.682. The summed E-state index contributed by atoms with van der Waals surface area (Å²) in [4.78, 5) is 36.7. The monoisotopic (exact) mass is 263 g/mol. The second kappa shape index (κ2) is 3.87. The predicted molar refractivity (Wildman–Crippen MR) is 61.5 cm³/mol. The van der Waals surface area contributed by atoms with Crippen molar-refractivity contribution >= 4 is 17.8 Å². The molecular weight excluding hydrogens is 250 g/mol. The zero-order valence-electron chi connectivity index (χ0n) is 10.4. The van der Waals surface area contributed by atoms with Crippen molar-refractivity contribution in [1.82, 2.24) is 25.0 Å². The van der Waals surface area contributed by atoms with Crippen molar-refractivity contribution in [2.45, 2.75) is 32.9 Å². The first kappa shape index (κ1) is 11.8. The van der Waals surface area contributed by atoms with E-state index in [4.69, 9.17) is 0 Å². The Balaban J connectivity index is 1.86. The maximum atomic E-state index is 12.2. The molecule has 1 aliphatic carbocycles. The molecule has 8 nitrogen and oxygen atoms in total. The number of nitrogens with zero attached hydrogens (tertiary/aromatic N) is 4. The molecule has 2 aliphatic rings. The molecule has 0 aromatic carbocycles. The lowest BCUT2D eigenvalue weighted by atomic mass is 10.0. The summed E-state index contributed by atoms with van der Waals surface area (Å²) in [6.45, 7) is 2.60. The summed E-state index contributed by atoms with van der Waals surface area (Å²) in [5.74, 6) is -0.376. The number of hydrogen-bond acceptors (Lipinski definition) is 5. The van der Waals surface area contributed by atoms with Crippen LogP contribution in [0, 0.1) is 5.41 Å². The second-order valence-electron chi connectivity index (χ2n) is 4.77. The van der Waals surface area contributed by atoms with Gasteiger partial charge in [-0.3, -0.25) is 19.8 Å². The van der Waals surface area contributed by atoms with E-state index in [0.29, 0.717) is 25.2 Å². The topological polar surface area (TPSA) is 97.2 Å². The zero-order valence-corrected chi connectivity index (χ0v) is 10.4. The summed E-state index contributed by atoms with van der Waals surface area (Å²) < 4.78 is 1.75. The Labute approximate surface area is 108 Å². The number of carbonyl (C=O) groups is 3. The highest BCUT2D eigenvalue weighted by atomic mass is 16.2. The van der Waals surface area contributed by atoms with E-state index < -0.39 is 23.3 Å². The van der Waals surface area contributed by atoms with Crippen molar-refractivity contribution in [3.05, 3.63) is 12.2 Å². The molecule has 1 aliphatic heterocycles. The average molecular weight is 263 g/mol. The molecule has 1 aromatic heterocycles. The molecule has 1 saturated heterocycles. The SMILES string of the molecule is CCn1cnnc1CN1C(=O)NC(=O)C2(CC2)C1=O. The molecule has 0 unspecified atom stereocenters. The molecule has 0 bridgehead atoms. The highest BCUT2D eigenvalue weighted by Gasteiger charge is 2.62. The molecular formula is C11H13N5O3. The third kappa shape index (κ3) is 1.63. The molecule has 1 aromatic rings. The van der Waals surface area contributed by atoms with E-state index in [1.165, 1.54) is 0 Å². The third-order valence-electron chi connectivity index (χ3n) is 3.64. The fourth-order valence-electron chi connectivity index (χ4n) is 2.25. The van der Waals surface area contributed by atoms with Crippen molar-refractivity contribution in [2.75, 3.05) is 0 Å². The minimum atomic E-state index is -1.01. The van der Waals surface area contributed by atoms with Gasteiger partial charge in [-0.25, -0.2) is 4.79 Å². The van der Waals surface area contributed by atoms with Gasteiger partial charge in [0.15, 0.2) is 5.82 Å². The van der Waals surface area contributed by atoms with Crippen LogP contribution in [0.2, 0.25) is 0 Å². The largest absolute Gasteiger partial charge is 0.331 e. The normalized spacial score (nSPS) is 20.9. The smallest absolute Gasteiger partial charge is 0.316 e. The maximum absolute atomic E-state index is 12.2. The van der Waals surface area contributed by atoms with Gasteiger partial charge in [0.25, 0.3) is 0 Å². The Morgan fingerprint density at radius 2 is 2.11 bits per heavy atom. The fraction of sp³-hybridized carbons (Fsp3) is 0.545. The van der Waals surface area contributed by atoms with Crippen molar-refractivity contribution < 1.29 is 14.4 Å². The Hall–Kier alpha value is -2.25. The number of rotatable bonds is 3. The standard InChI is InChI=1S/C11H13N5O3/c1-2-15-6-12-14-7(15)5-16-9(18)11(3-4-11)8(17)13-10(16)19/h6H,2-5H2,1H3,(H,13,17,19). The molecule has 1 saturated carbocycles. The number of amides is 4. The van der Waals surface area contributed by atoms with E-state index in [1.54, 1.807) is 10.9 Å². The number of urea groups is 1. The summed E-state index contributed by atoms with van der Waals surface area (Å²) in [6.07, 6.45) is 2.55. The molecule has 19 heavy (non-hydrogen) atoms. The lowest BCUT2D eigenvalue weighted by Gasteiger charge is -2.29. The lowest BCUT2D eigenvalue weighted by molar-refractivity contribution is -0.145. The Bertz CT molecular complexity index is 575. The minimum Gasteiger partial charge on any atom is -0.316 e. The van der Waals surface area contributed by atoms with Gasteiger partial charge in [0.1, 0.15) is 11.7 Å². The van der Waals surface area contributed by atoms with Gasteiger partial charge >= 0.3 is 6.03 Å². The summed E-state index contributed by atoms with van der Waals surface area (Å²) >= 11 is 0. The molecule has 8 heteroatoms. The van der Waals surface area contributed by atoms with Crippen LogP contribution < -0.4 is 5.32 Å². The van der Waals surface area contributed by atoms with Crippen LogP contribution in [0.4, 0.5) is 4.79 Å². The highest BCUT2D eigenvalue weighted by Crippen LogP contribution is 2.49. The summed E-state index contributed by atoms with van der Waals surface area (Å²) in [5.41, 5.74) is -1.01. The van der Waals surface area contributed by atoms with Crippen LogP contribution in [0.3, 0.4) is 0 Å². The van der Waals surface area contributed by atoms with Gasteiger partial charge in [0.05, 0.1) is 6.54 Å². The van der Waals surface area contributed by atoms with Gasteiger partial charge in [-0.05, 0) is 19.8 Å². The number of carbonyl (C=O) groups excluding carboxylic acids is 3. The van der Waals surface area contributed by atoms with Crippen LogP contribution in [-0.2, 0) is 22.7 Å². The van der Waals surface area contributed by atoms with Crippen molar-refractivity contribution in [3.8, 4) is 0 Å². The Morgan fingerprint density at radius 1 is 1.37 bits per heavy atom. The molecule has 0 atom stereocenters. The van der Waals surface area contributed by atoms with Gasteiger partial charge in [0.2, 0.25) is 11.8 Å². The average Bonchev–Trinajstić information content (AvgIpc) is 3.07. The summed E-state index contributed by atoms with van der Waals surface area (Å²) in [5, 5.41) is 9.88. The minimum absolute atomic E-state index is 0.0353. The number of aryl methyl sites for hydroxylation is 1. The van der Waals surface area contributed by atoms with E-state index in [1.807, 2.05) is 6.92 Å². The molecule has 4 amide bonds. The first-order valence-electron chi connectivity index (χ1n) is 6.12. The molecule has 1 N–H and O–H groups in total. The van der Waals surface area contributed by atoms with Gasteiger partial charge in [-0.15, -0.1) is 10.2 Å². The first-order valence-corrected chi connectivity index (χ1v) is 6.12. The molecule has 1 spiro atoms. The van der Waals surface area contributed by atoms with Crippen LogP contribution in [-0.4, -0.2) is 37.5 Å². The van der Waals surface area contributed by atoms with Crippen LogP contribution in [0.5, 0.6) is 0 Å². The molecule has 2 fully saturated rings. The first-order chi connectivity index (χ1) is 9.08. The van der Waals surface area contributed by atoms with Crippen molar-refractivity contribution in [3.63, 3.8) is 0 Å². The molecule has 0 radical (unpaired) electrons. The van der Waals surface area contributed by atoms with E-state index in [2.05, 4.69) is 15.5 Å². The summed E-state index contributed by atoms with van der Waals surface area (Å²) in [7, 11) is 0. The van der Waals surface area contributed by atoms with Crippen LogP contribution in [0.25, 0.3) is 0 Å². The van der Waals surface area contributed by atoms with Crippen LogP contribution in [0.15, 0.2) is 6.33 Å². The molecule has 3 rings (SSSR count). The quantitative estimate of drug-likeness (QED) is 0.752. The zero-order chi connectivity index (χ0) is 13.6. The van der Waals surface area contributed by atoms with Gasteiger partial charge in [-0.2, -0.15) is 0 Å². The van der Waals surface area contributed by atoms with E-state index in [9.17, 15) is 14.4 Å². The van der Waals surface area contributed by atoms with Gasteiger partial charge in [-0.1, -0.05) is 0 Å².